The molecule has 0 amide bonds. The molecule has 0 fully saturated rings. The predicted molar refractivity (Wildman–Crippen MR) is 116 cm³/mol. The normalized spacial score (nSPS) is 11.1. The minimum Gasteiger partial charge on any atom is -0.268 e. The molecule has 0 aliphatic carbocycles. The lowest BCUT2D eigenvalue weighted by Crippen LogP contribution is -2.22. The quantitative estimate of drug-likeness (QED) is 0.353. The van der Waals surface area contributed by atoms with Crippen LogP contribution in [0.5, 0.6) is 0 Å². The highest BCUT2D eigenvalue weighted by molar-refractivity contribution is 5.80. The number of hydrogen-bond acceptors (Lipinski definition) is 6. The Kier molecular flexibility index (Phi) is 5.07. The zero-order chi connectivity index (χ0) is 22.0. The van der Waals surface area contributed by atoms with Crippen molar-refractivity contribution in [2.24, 2.45) is 0 Å². The van der Waals surface area contributed by atoms with E-state index < -0.39 is 9.85 Å². The molecule has 0 unspecified atom stereocenters. The third-order valence-corrected chi connectivity index (χ3v) is 4.61. The van der Waals surface area contributed by atoms with Gasteiger partial charge in [0.05, 0.1) is 26.4 Å². The molecule has 4 rings (SSSR count). The molecule has 0 atom stereocenters. The molecule has 9 nitrogen and oxygen atoms in total. The summed E-state index contributed by atoms with van der Waals surface area (Å²) in [6, 6.07) is 18.5. The average molecular weight is 414 g/mol. The fraction of sp³-hybridized carbons (Fsp3) is 0. The standard InChI is InChI=1S/C22H14N4O5/c27-22-19-9-1-2-10-20(19)23-21(12-11-15-5-3-7-17(13-15)25(28)29)24(22)16-6-4-8-18(14-16)26(30)31/h1-14H. The first kappa shape index (κ1) is 19.6. The summed E-state index contributed by atoms with van der Waals surface area (Å²) in [5, 5.41) is 22.6. The van der Waals surface area contributed by atoms with E-state index in [2.05, 4.69) is 4.98 Å². The monoisotopic (exact) mass is 414 g/mol. The summed E-state index contributed by atoms with van der Waals surface area (Å²) in [5.74, 6) is 0.232. The molecule has 0 N–H and O–H groups in total. The van der Waals surface area contributed by atoms with Crippen molar-refractivity contribution in [3.63, 3.8) is 0 Å². The van der Waals surface area contributed by atoms with Crippen molar-refractivity contribution in [2.45, 2.75) is 0 Å². The zero-order valence-corrected chi connectivity index (χ0v) is 15.9. The first-order valence-corrected chi connectivity index (χ1v) is 9.13. The molecule has 31 heavy (non-hydrogen) atoms. The Labute approximate surface area is 174 Å². The highest BCUT2D eigenvalue weighted by Crippen LogP contribution is 2.20. The van der Waals surface area contributed by atoms with Crippen LogP contribution in [0.25, 0.3) is 28.7 Å². The van der Waals surface area contributed by atoms with Crippen molar-refractivity contribution in [1.29, 1.82) is 0 Å². The predicted octanol–water partition coefficient (Wildman–Crippen LogP) is 4.37. The van der Waals surface area contributed by atoms with E-state index >= 15 is 0 Å². The van der Waals surface area contributed by atoms with E-state index in [1.807, 2.05) is 0 Å². The number of nitro groups is 2. The van der Waals surface area contributed by atoms with E-state index in [0.29, 0.717) is 16.5 Å². The van der Waals surface area contributed by atoms with Crippen molar-refractivity contribution < 1.29 is 9.85 Å². The molecule has 0 saturated heterocycles. The highest BCUT2D eigenvalue weighted by Gasteiger charge is 2.14. The summed E-state index contributed by atoms with van der Waals surface area (Å²) in [7, 11) is 0. The summed E-state index contributed by atoms with van der Waals surface area (Å²) in [6.07, 6.45) is 3.14. The van der Waals surface area contributed by atoms with Crippen LogP contribution in [0.3, 0.4) is 0 Å². The number of nitro benzene ring substituents is 2. The number of rotatable bonds is 5. The third-order valence-electron chi connectivity index (χ3n) is 4.61. The van der Waals surface area contributed by atoms with Gasteiger partial charge in [-0.3, -0.25) is 29.6 Å². The molecule has 0 aliphatic heterocycles. The van der Waals surface area contributed by atoms with Crippen molar-refractivity contribution >= 4 is 34.4 Å². The molecule has 0 saturated carbocycles. The second kappa shape index (κ2) is 7.99. The molecule has 0 aliphatic rings. The van der Waals surface area contributed by atoms with Gasteiger partial charge < -0.3 is 0 Å². The highest BCUT2D eigenvalue weighted by atomic mass is 16.6. The van der Waals surface area contributed by atoms with Gasteiger partial charge >= 0.3 is 0 Å². The fourth-order valence-electron chi connectivity index (χ4n) is 3.17. The van der Waals surface area contributed by atoms with E-state index in [1.54, 1.807) is 54.6 Å². The summed E-state index contributed by atoms with van der Waals surface area (Å²) in [4.78, 5) is 38.9. The minimum absolute atomic E-state index is 0.0651. The van der Waals surface area contributed by atoms with Crippen molar-refractivity contribution in [3.8, 4) is 5.69 Å². The van der Waals surface area contributed by atoms with Gasteiger partial charge in [0.2, 0.25) is 0 Å². The van der Waals surface area contributed by atoms with Crippen LogP contribution in [-0.4, -0.2) is 19.4 Å². The average Bonchev–Trinajstić information content (AvgIpc) is 2.78. The molecule has 0 radical (unpaired) electrons. The second-order valence-electron chi connectivity index (χ2n) is 6.59. The Balaban J connectivity index is 1.92. The van der Waals surface area contributed by atoms with Gasteiger partial charge in [-0.25, -0.2) is 4.98 Å². The number of hydrogen-bond donors (Lipinski definition) is 0. The maximum Gasteiger partial charge on any atom is 0.271 e. The van der Waals surface area contributed by atoms with Crippen molar-refractivity contribution in [1.82, 2.24) is 9.55 Å². The summed E-state index contributed by atoms with van der Waals surface area (Å²) >= 11 is 0. The van der Waals surface area contributed by atoms with Gasteiger partial charge in [-0.2, -0.15) is 0 Å². The molecule has 3 aromatic carbocycles. The van der Waals surface area contributed by atoms with Gasteiger partial charge in [-0.15, -0.1) is 0 Å². The molecular formula is C22H14N4O5. The van der Waals surface area contributed by atoms with Gasteiger partial charge in [0.1, 0.15) is 5.82 Å². The Morgan fingerprint density at radius 1 is 0.806 bits per heavy atom. The van der Waals surface area contributed by atoms with Crippen molar-refractivity contribution in [2.75, 3.05) is 0 Å². The summed E-state index contributed by atoms with van der Waals surface area (Å²) < 4.78 is 1.28. The van der Waals surface area contributed by atoms with E-state index in [9.17, 15) is 25.0 Å². The summed E-state index contributed by atoms with van der Waals surface area (Å²) in [5.41, 5.74) is 0.687. The Morgan fingerprint density at radius 2 is 1.48 bits per heavy atom. The van der Waals surface area contributed by atoms with Crippen LogP contribution >= 0.6 is 0 Å². The van der Waals surface area contributed by atoms with Crippen LogP contribution in [0.1, 0.15) is 11.4 Å². The lowest BCUT2D eigenvalue weighted by Gasteiger charge is -2.11. The van der Waals surface area contributed by atoms with Crippen LogP contribution in [0, 0.1) is 20.2 Å². The molecular weight excluding hydrogens is 400 g/mol. The molecule has 0 spiro atoms. The van der Waals surface area contributed by atoms with E-state index in [4.69, 9.17) is 0 Å². The number of benzene rings is 3. The first-order chi connectivity index (χ1) is 14.9. The van der Waals surface area contributed by atoms with E-state index in [-0.39, 0.29) is 28.4 Å². The third kappa shape index (κ3) is 3.92. The maximum absolute atomic E-state index is 13.2. The van der Waals surface area contributed by atoms with Gasteiger partial charge in [0.15, 0.2) is 0 Å². The number of para-hydroxylation sites is 1. The summed E-state index contributed by atoms with van der Waals surface area (Å²) in [6.45, 7) is 0. The number of fused-ring (bicyclic) bond motifs is 1. The number of non-ortho nitro benzene ring substituents is 2. The fourth-order valence-corrected chi connectivity index (χ4v) is 3.17. The minimum atomic E-state index is -0.540. The molecule has 4 aromatic rings. The lowest BCUT2D eigenvalue weighted by molar-refractivity contribution is -0.385. The van der Waals surface area contributed by atoms with Gasteiger partial charge in [-0.1, -0.05) is 36.4 Å². The van der Waals surface area contributed by atoms with Crippen molar-refractivity contribution in [3.05, 3.63) is 115 Å². The zero-order valence-electron chi connectivity index (χ0n) is 15.9. The van der Waals surface area contributed by atoms with Crippen LogP contribution in [0.2, 0.25) is 0 Å². The van der Waals surface area contributed by atoms with E-state index in [1.165, 1.54) is 34.9 Å². The van der Waals surface area contributed by atoms with Crippen LogP contribution in [0.15, 0.2) is 77.6 Å². The number of nitrogens with zero attached hydrogens (tertiary/aromatic N) is 4. The maximum atomic E-state index is 13.2. The molecule has 0 bridgehead atoms. The van der Waals surface area contributed by atoms with Gasteiger partial charge in [0, 0.05) is 24.3 Å². The lowest BCUT2D eigenvalue weighted by atomic mass is 10.1. The van der Waals surface area contributed by atoms with E-state index in [0.717, 1.165) is 0 Å². The van der Waals surface area contributed by atoms with Gasteiger partial charge in [-0.05, 0) is 29.8 Å². The van der Waals surface area contributed by atoms with Crippen LogP contribution < -0.4 is 5.56 Å². The molecule has 152 valence electrons. The van der Waals surface area contributed by atoms with Crippen LogP contribution in [0.4, 0.5) is 11.4 Å². The Morgan fingerprint density at radius 3 is 2.23 bits per heavy atom. The van der Waals surface area contributed by atoms with Crippen LogP contribution in [-0.2, 0) is 0 Å². The Bertz CT molecular complexity index is 1430. The SMILES string of the molecule is O=c1c2ccccc2nc(C=Cc2cccc([N+](=O)[O-])c2)n1-c1cccc([N+](=O)[O-])c1. The number of aromatic nitrogens is 2. The largest absolute Gasteiger partial charge is 0.271 e. The smallest absolute Gasteiger partial charge is 0.268 e. The molecule has 1 aromatic heterocycles. The second-order valence-corrected chi connectivity index (χ2v) is 6.59. The first-order valence-electron chi connectivity index (χ1n) is 9.13. The molecule has 1 heterocycles. The Hall–Kier alpha value is -4.66. The topological polar surface area (TPSA) is 121 Å². The van der Waals surface area contributed by atoms with Gasteiger partial charge in [0.25, 0.3) is 16.9 Å². The molecule has 9 heteroatoms.